The molecule has 5 heteroatoms. The largest absolute Gasteiger partial charge is 0.114 e. The van der Waals surface area contributed by atoms with Crippen molar-refractivity contribution in [3.05, 3.63) is 0 Å². The van der Waals surface area contributed by atoms with E-state index >= 15 is 0 Å². The van der Waals surface area contributed by atoms with Crippen LogP contribution in [0.25, 0.3) is 0 Å². The van der Waals surface area contributed by atoms with Crippen LogP contribution in [0.5, 0.6) is 0 Å². The minimum absolute atomic E-state index is 0. The fourth-order valence-electron chi connectivity index (χ4n) is 0. The van der Waals surface area contributed by atoms with E-state index in [0.717, 1.165) is 0 Å². The molecule has 0 bridgehead atoms. The number of hydrogen-bond acceptors (Lipinski definition) is 0. The van der Waals surface area contributed by atoms with Crippen molar-refractivity contribution in [1.29, 1.82) is 0 Å². The third-order valence-corrected chi connectivity index (χ3v) is 0. The summed E-state index contributed by atoms with van der Waals surface area (Å²) in [6, 6.07) is 0. The summed E-state index contributed by atoms with van der Waals surface area (Å²) >= 11 is 4.87. The second kappa shape index (κ2) is 27.2. The Labute approximate surface area is 92.9 Å². The Hall–Kier alpha value is 3.17. The van der Waals surface area contributed by atoms with E-state index in [9.17, 15) is 0 Å². The first kappa shape index (κ1) is 24.2. The van der Waals surface area contributed by atoms with Crippen LogP contribution in [0.3, 0.4) is 0 Å². The van der Waals surface area contributed by atoms with Gasteiger partial charge in [0.2, 0.25) is 0 Å². The molecule has 0 rings (SSSR count). The molecular formula is HAg2Br2I. The first-order valence-corrected chi connectivity index (χ1v) is 4.98. The van der Waals surface area contributed by atoms with E-state index in [0.29, 0.717) is 0 Å². The van der Waals surface area contributed by atoms with Gasteiger partial charge in [-0.25, -0.2) is 0 Å². The molecule has 44 valence electrons. The van der Waals surface area contributed by atoms with Gasteiger partial charge in [-0.2, -0.15) is 0 Å². The molecule has 0 aliphatic rings. The summed E-state index contributed by atoms with van der Waals surface area (Å²) < 4.78 is 0. The maximum absolute atomic E-state index is 2.91. The number of rotatable bonds is 0. The Morgan fingerprint density at radius 1 is 1.00 bits per heavy atom. The van der Waals surface area contributed by atoms with Crippen molar-refractivity contribution < 1.29 is 44.8 Å². The van der Waals surface area contributed by atoms with Crippen LogP contribution < -0.4 is 0 Å². The second-order valence-electron chi connectivity index (χ2n) is 0. The van der Waals surface area contributed by atoms with Crippen molar-refractivity contribution >= 4 is 50.0 Å². The molecular weight excluding hydrogens is 502 g/mol. The van der Waals surface area contributed by atoms with Gasteiger partial charge in [-0.05, 0) is 12.7 Å². The first-order chi connectivity index (χ1) is 1.00. The SMILES string of the molecule is Br.BrI.[Ag].[Ag]. The standard InChI is InChI=1S/2Ag.BrI.BrH/c;;1-2;/h;;;1H. The molecule has 0 unspecified atom stereocenters. The smallest absolute Gasteiger partial charge is 0.00711 e. The Kier molecular flexibility index (Phi) is 131. The van der Waals surface area contributed by atoms with E-state index < -0.39 is 0 Å². The fourth-order valence-corrected chi connectivity index (χ4v) is 0. The molecule has 0 aromatic heterocycles. The van der Waals surface area contributed by atoms with E-state index in [1.54, 1.807) is 0 Å². The van der Waals surface area contributed by atoms with E-state index in [2.05, 4.69) is 12.7 Å². The zero-order valence-corrected chi connectivity index (χ0v) is 10.2. The zero-order valence-electron chi connectivity index (χ0n) is 1.77. The predicted molar refractivity (Wildman–Crippen MR) is 33.3 cm³/mol. The van der Waals surface area contributed by atoms with Gasteiger partial charge in [-0.15, -0.1) is 17.0 Å². The summed E-state index contributed by atoms with van der Waals surface area (Å²) in [7, 11) is 0. The maximum Gasteiger partial charge on any atom is 0.00711 e. The quantitative estimate of drug-likeness (QED) is 0.352. The van der Waals surface area contributed by atoms with Crippen molar-refractivity contribution in [3.63, 3.8) is 0 Å². The van der Waals surface area contributed by atoms with Crippen LogP contribution in [0.1, 0.15) is 0 Å². The normalized spacial score (nSPS) is 1.20. The molecule has 0 amide bonds. The summed E-state index contributed by atoms with van der Waals surface area (Å²) in [6.07, 6.45) is 0. The fraction of sp³-hybridized carbons (Fsp3) is 0. The van der Waals surface area contributed by atoms with Gasteiger partial charge in [0.1, 0.15) is 0 Å². The molecule has 0 atom stereocenters. The van der Waals surface area contributed by atoms with Crippen molar-refractivity contribution in [2.75, 3.05) is 0 Å². The average molecular weight is 503 g/mol. The van der Waals surface area contributed by atoms with Gasteiger partial charge in [0.15, 0.2) is 0 Å². The van der Waals surface area contributed by atoms with Crippen LogP contribution in [0.2, 0.25) is 0 Å². The molecule has 0 nitrogen and oxygen atoms in total. The molecule has 0 saturated carbocycles. The van der Waals surface area contributed by atoms with Crippen LogP contribution in [-0.2, 0) is 44.8 Å². The van der Waals surface area contributed by atoms with Crippen molar-refractivity contribution in [1.82, 2.24) is 0 Å². The van der Waals surface area contributed by atoms with Crippen LogP contribution in [0, 0.1) is 0 Å². The van der Waals surface area contributed by atoms with Crippen molar-refractivity contribution in [2.45, 2.75) is 0 Å². The van der Waals surface area contributed by atoms with Gasteiger partial charge >= 0.3 is 0 Å². The Morgan fingerprint density at radius 2 is 1.00 bits per heavy atom. The van der Waals surface area contributed by atoms with Crippen LogP contribution in [-0.4, -0.2) is 0 Å². The van der Waals surface area contributed by atoms with Crippen molar-refractivity contribution in [2.24, 2.45) is 0 Å². The summed E-state index contributed by atoms with van der Waals surface area (Å²) in [6.45, 7) is 0. The molecule has 0 aromatic rings. The molecule has 5 heavy (non-hydrogen) atoms. The monoisotopic (exact) mass is 500 g/mol. The van der Waals surface area contributed by atoms with E-state index in [-0.39, 0.29) is 61.7 Å². The van der Waals surface area contributed by atoms with Gasteiger partial charge in [0.25, 0.3) is 0 Å². The minimum Gasteiger partial charge on any atom is -0.114 e. The van der Waals surface area contributed by atoms with Crippen LogP contribution >= 0.6 is 50.0 Å². The average Bonchev–Trinajstić information content (AvgIpc) is 1.00. The van der Waals surface area contributed by atoms with Crippen LogP contribution in [0.15, 0.2) is 0 Å². The molecule has 2 radical (unpaired) electrons. The summed E-state index contributed by atoms with van der Waals surface area (Å²) in [4.78, 5) is 0. The van der Waals surface area contributed by atoms with Gasteiger partial charge in [-0.1, -0.05) is 0 Å². The van der Waals surface area contributed by atoms with Gasteiger partial charge in [0.05, 0.1) is 0 Å². The molecule has 0 spiro atoms. The molecule has 0 aromatic carbocycles. The van der Waals surface area contributed by atoms with Gasteiger partial charge in [0, 0.05) is 65.1 Å². The topological polar surface area (TPSA) is 0 Å². The Balaban J connectivity index is -0.00000000167. The Bertz CT molecular complexity index is 7.61. The molecule has 0 aliphatic carbocycles. The predicted octanol–water partition coefficient (Wildman–Crippen LogP) is 2.30. The third kappa shape index (κ3) is 19.1. The number of halogens is 3. The summed E-state index contributed by atoms with van der Waals surface area (Å²) in [5, 5.41) is 0. The minimum atomic E-state index is 0. The first-order valence-electron chi connectivity index (χ1n) is 0.143. The second-order valence-corrected chi connectivity index (χ2v) is 0. The van der Waals surface area contributed by atoms with Crippen LogP contribution in [0.4, 0.5) is 0 Å². The number of hydrogen-bond donors (Lipinski definition) is 0. The van der Waals surface area contributed by atoms with Crippen molar-refractivity contribution in [3.8, 4) is 0 Å². The van der Waals surface area contributed by atoms with E-state index in [1.807, 2.05) is 20.4 Å². The van der Waals surface area contributed by atoms with E-state index in [1.165, 1.54) is 0 Å². The summed E-state index contributed by atoms with van der Waals surface area (Å²) in [5.74, 6) is 0. The van der Waals surface area contributed by atoms with Gasteiger partial charge in [-0.3, -0.25) is 0 Å². The molecule has 0 heterocycles. The van der Waals surface area contributed by atoms with Gasteiger partial charge < -0.3 is 0 Å². The molecule has 0 aliphatic heterocycles. The van der Waals surface area contributed by atoms with E-state index in [4.69, 9.17) is 0 Å². The maximum atomic E-state index is 2.91. The Morgan fingerprint density at radius 3 is 1.00 bits per heavy atom. The summed E-state index contributed by atoms with van der Waals surface area (Å²) in [5.41, 5.74) is 0. The molecule has 0 fully saturated rings. The third-order valence-electron chi connectivity index (χ3n) is 0. The molecule has 0 saturated heterocycles. The molecule has 0 N–H and O–H groups in total. The zero-order chi connectivity index (χ0) is 2.00.